The Kier molecular flexibility index (Phi) is 5.05. The fourth-order valence-electron chi connectivity index (χ4n) is 0.203. The molecule has 0 aliphatic rings. The van der Waals surface area contributed by atoms with Gasteiger partial charge in [-0.15, -0.1) is 23.2 Å². The Labute approximate surface area is 53.2 Å². The number of hydrogen-bond acceptors (Lipinski definition) is 1. The number of halogens is 2. The molecule has 0 saturated carbocycles. The summed E-state index contributed by atoms with van der Waals surface area (Å²) < 4.78 is 0. The van der Waals surface area contributed by atoms with Crippen LogP contribution < -0.4 is 0 Å². The Balaban J connectivity index is 2.83. The van der Waals surface area contributed by atoms with E-state index >= 15 is 0 Å². The number of aliphatic hydroxyl groups is 1. The van der Waals surface area contributed by atoms with E-state index in [1.54, 1.807) is 0 Å². The van der Waals surface area contributed by atoms with Crippen LogP contribution in [0.4, 0.5) is 0 Å². The van der Waals surface area contributed by atoms with Crippen LogP contribution in [0.1, 0.15) is 6.42 Å². The maximum Gasteiger partial charge on any atom is 0.0686 e. The van der Waals surface area contributed by atoms with E-state index in [1.165, 1.54) is 0 Å². The molecule has 0 aromatic carbocycles. The van der Waals surface area contributed by atoms with Crippen LogP contribution in [-0.2, 0) is 0 Å². The van der Waals surface area contributed by atoms with E-state index in [-0.39, 0.29) is 5.88 Å². The Bertz CT molecular complexity index is 40.7. The zero-order valence-corrected chi connectivity index (χ0v) is 5.41. The van der Waals surface area contributed by atoms with Crippen LogP contribution in [0.5, 0.6) is 0 Å². The lowest BCUT2D eigenvalue weighted by molar-refractivity contribution is 0.195. The van der Waals surface area contributed by atoms with Gasteiger partial charge in [0, 0.05) is 11.8 Å². The number of rotatable bonds is 3. The SMILES string of the molecule is OC(CCl)CCCl. The maximum absolute atomic E-state index is 8.64. The minimum atomic E-state index is -0.417. The monoisotopic (exact) mass is 142 g/mol. The second-order valence-corrected chi connectivity index (χ2v) is 1.97. The lowest BCUT2D eigenvalue weighted by Crippen LogP contribution is -2.07. The Morgan fingerprint density at radius 2 is 2.00 bits per heavy atom. The molecule has 0 aromatic rings. The van der Waals surface area contributed by atoms with Gasteiger partial charge < -0.3 is 5.11 Å². The van der Waals surface area contributed by atoms with Gasteiger partial charge >= 0.3 is 0 Å². The molecule has 0 fully saturated rings. The van der Waals surface area contributed by atoms with Crippen LogP contribution in [-0.4, -0.2) is 23.0 Å². The van der Waals surface area contributed by atoms with E-state index in [1.807, 2.05) is 0 Å². The average molecular weight is 143 g/mol. The first-order chi connectivity index (χ1) is 3.31. The summed E-state index contributed by atoms with van der Waals surface area (Å²) in [4.78, 5) is 0. The summed E-state index contributed by atoms with van der Waals surface area (Å²) in [6, 6.07) is 0. The molecule has 0 aliphatic carbocycles. The van der Waals surface area contributed by atoms with Gasteiger partial charge in [-0.25, -0.2) is 0 Å². The largest absolute Gasteiger partial charge is 0.392 e. The number of alkyl halides is 2. The van der Waals surface area contributed by atoms with Crippen LogP contribution in [0, 0.1) is 0 Å². The first kappa shape index (κ1) is 7.54. The number of hydrogen-bond donors (Lipinski definition) is 1. The number of aliphatic hydroxyl groups excluding tert-OH is 1. The van der Waals surface area contributed by atoms with E-state index in [9.17, 15) is 0 Å². The summed E-state index contributed by atoms with van der Waals surface area (Å²) >= 11 is 10.5. The molecule has 44 valence electrons. The molecule has 0 spiro atoms. The highest BCUT2D eigenvalue weighted by atomic mass is 35.5. The molecule has 3 heteroatoms. The summed E-state index contributed by atoms with van der Waals surface area (Å²) in [6.07, 6.45) is 0.171. The third kappa shape index (κ3) is 4.39. The molecule has 0 aliphatic heterocycles. The maximum atomic E-state index is 8.64. The van der Waals surface area contributed by atoms with Gasteiger partial charge in [0.1, 0.15) is 0 Å². The standard InChI is InChI=1S/C4H8Cl2O/c5-2-1-4(7)3-6/h4,7H,1-3H2. The van der Waals surface area contributed by atoms with Crippen molar-refractivity contribution in [2.24, 2.45) is 0 Å². The van der Waals surface area contributed by atoms with E-state index in [0.717, 1.165) is 0 Å². The molecule has 0 heterocycles. The van der Waals surface area contributed by atoms with Crippen molar-refractivity contribution in [3.8, 4) is 0 Å². The second-order valence-electron chi connectivity index (χ2n) is 1.29. The van der Waals surface area contributed by atoms with E-state index in [0.29, 0.717) is 12.3 Å². The van der Waals surface area contributed by atoms with Gasteiger partial charge in [0.15, 0.2) is 0 Å². The molecule has 0 saturated heterocycles. The normalized spacial score (nSPS) is 14.1. The predicted molar refractivity (Wildman–Crippen MR) is 32.1 cm³/mol. The van der Waals surface area contributed by atoms with Crippen LogP contribution in [0.2, 0.25) is 0 Å². The molecule has 0 bridgehead atoms. The smallest absolute Gasteiger partial charge is 0.0686 e. The Hall–Kier alpha value is 0.540. The molecule has 7 heavy (non-hydrogen) atoms. The Morgan fingerprint density at radius 1 is 1.43 bits per heavy atom. The molecule has 1 atom stereocenters. The van der Waals surface area contributed by atoms with Crippen molar-refractivity contribution in [1.82, 2.24) is 0 Å². The third-order valence-corrected chi connectivity index (χ3v) is 1.19. The predicted octanol–water partition coefficient (Wildman–Crippen LogP) is 1.22. The summed E-state index contributed by atoms with van der Waals surface area (Å²) in [5.41, 5.74) is 0. The third-order valence-electron chi connectivity index (χ3n) is 0.620. The lowest BCUT2D eigenvalue weighted by Gasteiger charge is -1.99. The highest BCUT2D eigenvalue weighted by molar-refractivity contribution is 6.19. The van der Waals surface area contributed by atoms with E-state index in [2.05, 4.69) is 0 Å². The van der Waals surface area contributed by atoms with Crippen molar-refractivity contribution in [1.29, 1.82) is 0 Å². The first-order valence-corrected chi connectivity index (χ1v) is 3.18. The van der Waals surface area contributed by atoms with Crippen LogP contribution in [0.3, 0.4) is 0 Å². The van der Waals surface area contributed by atoms with Gasteiger partial charge in [-0.3, -0.25) is 0 Å². The van der Waals surface area contributed by atoms with Gasteiger partial charge in [-0.1, -0.05) is 0 Å². The van der Waals surface area contributed by atoms with Crippen molar-refractivity contribution >= 4 is 23.2 Å². The van der Waals surface area contributed by atoms with Gasteiger partial charge in [0.05, 0.1) is 6.10 Å². The van der Waals surface area contributed by atoms with Crippen molar-refractivity contribution in [2.45, 2.75) is 12.5 Å². The van der Waals surface area contributed by atoms with Gasteiger partial charge in [-0.05, 0) is 6.42 Å². The van der Waals surface area contributed by atoms with Gasteiger partial charge in [-0.2, -0.15) is 0 Å². The second kappa shape index (κ2) is 4.69. The van der Waals surface area contributed by atoms with Crippen LogP contribution in [0.15, 0.2) is 0 Å². The summed E-state index contributed by atoms with van der Waals surface area (Å²) in [6.45, 7) is 0. The average Bonchev–Trinajstić information content (AvgIpc) is 1.68. The lowest BCUT2D eigenvalue weighted by atomic mass is 10.3. The van der Waals surface area contributed by atoms with Crippen molar-refractivity contribution in [3.05, 3.63) is 0 Å². The molecule has 0 radical (unpaired) electrons. The summed E-state index contributed by atoms with van der Waals surface area (Å²) in [5.74, 6) is 0.764. The molecule has 0 amide bonds. The van der Waals surface area contributed by atoms with E-state index < -0.39 is 6.10 Å². The summed E-state index contributed by atoms with van der Waals surface area (Å²) in [7, 11) is 0. The Morgan fingerprint density at radius 3 is 2.14 bits per heavy atom. The van der Waals surface area contributed by atoms with Crippen LogP contribution in [0.25, 0.3) is 0 Å². The minimum absolute atomic E-state index is 0.284. The van der Waals surface area contributed by atoms with Gasteiger partial charge in [0.2, 0.25) is 0 Å². The molecule has 0 rings (SSSR count). The molecule has 1 unspecified atom stereocenters. The molecule has 1 N–H and O–H groups in total. The zero-order chi connectivity index (χ0) is 5.70. The highest BCUT2D eigenvalue weighted by Crippen LogP contribution is 1.94. The minimum Gasteiger partial charge on any atom is -0.392 e. The quantitative estimate of drug-likeness (QED) is 0.588. The topological polar surface area (TPSA) is 20.2 Å². The van der Waals surface area contributed by atoms with Crippen LogP contribution >= 0.6 is 23.2 Å². The zero-order valence-electron chi connectivity index (χ0n) is 3.90. The highest BCUT2D eigenvalue weighted by Gasteiger charge is 1.97. The van der Waals surface area contributed by atoms with Gasteiger partial charge in [0.25, 0.3) is 0 Å². The first-order valence-electron chi connectivity index (χ1n) is 2.11. The van der Waals surface area contributed by atoms with Crippen molar-refractivity contribution in [2.75, 3.05) is 11.8 Å². The molecular formula is C4H8Cl2O. The molecule has 1 nitrogen and oxygen atoms in total. The molecule has 0 aromatic heterocycles. The molecular weight excluding hydrogens is 135 g/mol. The van der Waals surface area contributed by atoms with Crippen molar-refractivity contribution < 1.29 is 5.11 Å². The fourth-order valence-corrected chi connectivity index (χ4v) is 0.609. The summed E-state index contributed by atoms with van der Waals surface area (Å²) in [5, 5.41) is 8.64. The van der Waals surface area contributed by atoms with Crippen molar-refractivity contribution in [3.63, 3.8) is 0 Å². The van der Waals surface area contributed by atoms with E-state index in [4.69, 9.17) is 28.3 Å². The fraction of sp³-hybridized carbons (Fsp3) is 1.00.